The lowest BCUT2D eigenvalue weighted by molar-refractivity contribution is -0.116. The Morgan fingerprint density at radius 1 is 0.968 bits per heavy atom. The van der Waals surface area contributed by atoms with Crippen molar-refractivity contribution in [3.05, 3.63) is 76.9 Å². The second kappa shape index (κ2) is 7.94. The number of anilines is 1. The fourth-order valence-corrected chi connectivity index (χ4v) is 3.24. The molecule has 0 fully saturated rings. The number of amides is 3. The molecule has 1 aromatic heterocycles. The molecule has 1 aliphatic heterocycles. The minimum absolute atomic E-state index is 0.0243. The van der Waals surface area contributed by atoms with Gasteiger partial charge in [-0.2, -0.15) is 9.97 Å². The molecule has 0 unspecified atom stereocenters. The van der Waals surface area contributed by atoms with E-state index in [1.807, 2.05) is 0 Å². The smallest absolute Gasteiger partial charge is 0.322 e. The van der Waals surface area contributed by atoms with Gasteiger partial charge in [-0.1, -0.05) is 24.3 Å². The van der Waals surface area contributed by atoms with Crippen LogP contribution in [0.1, 0.15) is 32.1 Å². The van der Waals surface area contributed by atoms with Crippen molar-refractivity contribution in [3.8, 4) is 11.8 Å². The van der Waals surface area contributed by atoms with Crippen LogP contribution in [0.2, 0.25) is 0 Å². The lowest BCUT2D eigenvalue weighted by atomic mass is 10.1. The minimum Gasteiger partial charge on any atom is -0.421 e. The summed E-state index contributed by atoms with van der Waals surface area (Å²) in [6.07, 6.45) is 0. The van der Waals surface area contributed by atoms with Crippen molar-refractivity contribution in [3.63, 3.8) is 0 Å². The van der Waals surface area contributed by atoms with Crippen LogP contribution in [0.4, 0.5) is 10.1 Å². The number of rotatable bonds is 5. The number of aryl methyl sites for hydroxylation is 2. The van der Waals surface area contributed by atoms with E-state index in [0.29, 0.717) is 17.1 Å². The number of carbonyl (C=O) groups is 3. The summed E-state index contributed by atoms with van der Waals surface area (Å²) in [6.45, 7) is 2.81. The third-order valence-electron chi connectivity index (χ3n) is 4.73. The Kier molecular flexibility index (Phi) is 5.16. The van der Waals surface area contributed by atoms with Crippen molar-refractivity contribution >= 4 is 23.4 Å². The highest BCUT2D eigenvalue weighted by atomic mass is 19.1. The summed E-state index contributed by atoms with van der Waals surface area (Å²) in [4.78, 5) is 46.6. The fraction of sp³-hybridized carbons (Fsp3) is 0.136. The Morgan fingerprint density at radius 3 is 2.10 bits per heavy atom. The van der Waals surface area contributed by atoms with Crippen LogP contribution in [0.15, 0.2) is 48.5 Å². The standard InChI is InChI=1S/C22H17FN4O4/c1-12-19(13(2)25-22(24-12)31-17-10-6-5-9-16(17)23)26-18(28)11-27-20(29)14-7-3-4-8-15(14)21(27)30/h3-10H,11H2,1-2H3,(H,26,28). The molecule has 0 saturated heterocycles. The van der Waals surface area contributed by atoms with Gasteiger partial charge >= 0.3 is 6.01 Å². The van der Waals surface area contributed by atoms with E-state index < -0.39 is 30.1 Å². The number of hydrogen-bond acceptors (Lipinski definition) is 6. The molecule has 0 spiro atoms. The Balaban J connectivity index is 1.48. The van der Waals surface area contributed by atoms with Gasteiger partial charge in [0.15, 0.2) is 11.6 Å². The first-order chi connectivity index (χ1) is 14.8. The van der Waals surface area contributed by atoms with E-state index in [1.165, 1.54) is 18.2 Å². The topological polar surface area (TPSA) is 101 Å². The zero-order valence-electron chi connectivity index (χ0n) is 16.7. The van der Waals surface area contributed by atoms with Crippen molar-refractivity contribution in [2.24, 2.45) is 0 Å². The first-order valence-corrected chi connectivity index (χ1v) is 9.38. The van der Waals surface area contributed by atoms with E-state index in [4.69, 9.17) is 4.74 Å². The number of aromatic nitrogens is 2. The number of carbonyl (C=O) groups excluding carboxylic acids is 3. The molecule has 0 atom stereocenters. The summed E-state index contributed by atoms with van der Waals surface area (Å²) in [6, 6.07) is 12.2. The van der Waals surface area contributed by atoms with E-state index in [0.717, 1.165) is 4.90 Å². The Bertz CT molecular complexity index is 1170. The number of nitrogens with one attached hydrogen (secondary N) is 1. The van der Waals surface area contributed by atoms with Crippen molar-refractivity contribution in [1.82, 2.24) is 14.9 Å². The van der Waals surface area contributed by atoms with Crippen LogP contribution in [0, 0.1) is 19.7 Å². The lowest BCUT2D eigenvalue weighted by Crippen LogP contribution is -2.37. The van der Waals surface area contributed by atoms with Gasteiger partial charge in [-0.05, 0) is 38.1 Å². The van der Waals surface area contributed by atoms with Gasteiger partial charge in [0.2, 0.25) is 5.91 Å². The molecule has 0 saturated carbocycles. The number of halogens is 1. The van der Waals surface area contributed by atoms with Gasteiger partial charge in [0, 0.05) is 0 Å². The number of para-hydroxylation sites is 1. The maximum absolute atomic E-state index is 13.8. The molecule has 0 radical (unpaired) electrons. The van der Waals surface area contributed by atoms with Crippen LogP contribution in [-0.4, -0.2) is 39.1 Å². The van der Waals surface area contributed by atoms with Crippen LogP contribution in [0.3, 0.4) is 0 Å². The second-order valence-electron chi connectivity index (χ2n) is 6.87. The maximum atomic E-state index is 13.8. The fourth-order valence-electron chi connectivity index (χ4n) is 3.24. The average molecular weight is 420 g/mol. The monoisotopic (exact) mass is 420 g/mol. The zero-order valence-corrected chi connectivity index (χ0v) is 16.7. The summed E-state index contributed by atoms with van der Waals surface area (Å²) in [5, 5.41) is 2.64. The quantitative estimate of drug-likeness (QED) is 0.636. The predicted octanol–water partition coefficient (Wildman–Crippen LogP) is 3.26. The molecule has 8 nitrogen and oxygen atoms in total. The van der Waals surface area contributed by atoms with Crippen molar-refractivity contribution in [2.75, 3.05) is 11.9 Å². The molecular formula is C22H17FN4O4. The Morgan fingerprint density at radius 2 is 1.52 bits per heavy atom. The molecule has 2 aromatic carbocycles. The third-order valence-corrected chi connectivity index (χ3v) is 4.73. The van der Waals surface area contributed by atoms with Gasteiger partial charge in [-0.15, -0.1) is 0 Å². The largest absolute Gasteiger partial charge is 0.421 e. The first-order valence-electron chi connectivity index (χ1n) is 9.38. The van der Waals surface area contributed by atoms with Crippen LogP contribution >= 0.6 is 0 Å². The highest BCUT2D eigenvalue weighted by Crippen LogP contribution is 2.26. The van der Waals surface area contributed by atoms with Crippen molar-refractivity contribution in [1.29, 1.82) is 0 Å². The Labute approximate surface area is 176 Å². The van der Waals surface area contributed by atoms with Crippen molar-refractivity contribution in [2.45, 2.75) is 13.8 Å². The summed E-state index contributed by atoms with van der Waals surface area (Å²) < 4.78 is 19.2. The number of nitrogens with zero attached hydrogens (tertiary/aromatic N) is 3. The number of hydrogen-bond donors (Lipinski definition) is 1. The minimum atomic E-state index is -0.577. The third kappa shape index (κ3) is 3.85. The molecule has 9 heteroatoms. The molecule has 3 aromatic rings. The number of ether oxygens (including phenoxy) is 1. The molecule has 1 aliphatic rings. The van der Waals surface area contributed by atoms with Gasteiger partial charge in [-0.25, -0.2) is 4.39 Å². The van der Waals surface area contributed by atoms with Crippen LogP contribution in [0.25, 0.3) is 0 Å². The second-order valence-corrected chi connectivity index (χ2v) is 6.87. The van der Waals surface area contributed by atoms with Gasteiger partial charge in [0.1, 0.15) is 6.54 Å². The first kappa shape index (κ1) is 20.1. The van der Waals surface area contributed by atoms with Crippen LogP contribution in [0.5, 0.6) is 11.8 Å². The summed E-state index contributed by atoms with van der Waals surface area (Å²) in [5.41, 5.74) is 1.63. The van der Waals surface area contributed by atoms with Gasteiger partial charge in [0.25, 0.3) is 11.8 Å². The van der Waals surface area contributed by atoms with E-state index >= 15 is 0 Å². The highest BCUT2D eigenvalue weighted by Gasteiger charge is 2.36. The zero-order chi connectivity index (χ0) is 22.1. The number of fused-ring (bicyclic) bond motifs is 1. The van der Waals surface area contributed by atoms with Gasteiger partial charge in [-0.3, -0.25) is 19.3 Å². The molecule has 4 rings (SSSR count). The van der Waals surface area contributed by atoms with E-state index in [2.05, 4.69) is 15.3 Å². The predicted molar refractivity (Wildman–Crippen MR) is 108 cm³/mol. The van der Waals surface area contributed by atoms with Crippen LogP contribution in [-0.2, 0) is 4.79 Å². The molecule has 3 amide bonds. The average Bonchev–Trinajstić information content (AvgIpc) is 2.98. The summed E-state index contributed by atoms with van der Waals surface area (Å²) in [5.74, 6) is -2.20. The van der Waals surface area contributed by atoms with Gasteiger partial charge < -0.3 is 10.1 Å². The summed E-state index contributed by atoms with van der Waals surface area (Å²) >= 11 is 0. The maximum Gasteiger partial charge on any atom is 0.322 e. The number of benzene rings is 2. The highest BCUT2D eigenvalue weighted by molar-refractivity contribution is 6.22. The van der Waals surface area contributed by atoms with Crippen LogP contribution < -0.4 is 10.1 Å². The Hall–Kier alpha value is -4.14. The SMILES string of the molecule is Cc1nc(Oc2ccccc2F)nc(C)c1NC(=O)CN1C(=O)c2ccccc2C1=O. The van der Waals surface area contributed by atoms with Gasteiger partial charge in [0.05, 0.1) is 28.2 Å². The molecule has 156 valence electrons. The summed E-state index contributed by atoms with van der Waals surface area (Å²) in [7, 11) is 0. The normalized spacial score (nSPS) is 12.7. The van der Waals surface area contributed by atoms with E-state index in [9.17, 15) is 18.8 Å². The molecule has 1 N–H and O–H groups in total. The van der Waals surface area contributed by atoms with E-state index in [1.54, 1.807) is 44.2 Å². The van der Waals surface area contributed by atoms with Crippen molar-refractivity contribution < 1.29 is 23.5 Å². The van der Waals surface area contributed by atoms with E-state index in [-0.39, 0.29) is 22.9 Å². The molecule has 31 heavy (non-hydrogen) atoms. The molecule has 0 aliphatic carbocycles. The lowest BCUT2D eigenvalue weighted by Gasteiger charge is -2.16. The number of imide groups is 1. The molecular weight excluding hydrogens is 403 g/mol. The molecule has 2 heterocycles. The molecule has 0 bridgehead atoms.